The van der Waals surface area contributed by atoms with E-state index in [1.54, 1.807) is 19.1 Å². The molecule has 0 bridgehead atoms. The van der Waals surface area contributed by atoms with Crippen LogP contribution in [0.1, 0.15) is 28.4 Å². The van der Waals surface area contributed by atoms with Gasteiger partial charge in [0.15, 0.2) is 0 Å². The lowest BCUT2D eigenvalue weighted by molar-refractivity contribution is -0.917. The molecule has 0 unspecified atom stereocenters. The van der Waals surface area contributed by atoms with Gasteiger partial charge in [-0.05, 0) is 36.8 Å². The van der Waals surface area contributed by atoms with Crippen LogP contribution in [0.4, 0.5) is 0 Å². The maximum atomic E-state index is 12.8. The predicted molar refractivity (Wildman–Crippen MR) is 109 cm³/mol. The van der Waals surface area contributed by atoms with Crippen LogP contribution in [0, 0.1) is 6.92 Å². The Kier molecular flexibility index (Phi) is 6.49. The van der Waals surface area contributed by atoms with Crippen LogP contribution < -0.4 is 9.62 Å². The van der Waals surface area contributed by atoms with Crippen molar-refractivity contribution in [3.8, 4) is 0 Å². The molecule has 1 aliphatic heterocycles. The number of nitrogens with zero attached hydrogens (tertiary/aromatic N) is 1. The number of carbonyl (C=O) groups excluding carboxylic acids is 1. The standard InChI is InChI=1S/C21H27N3O3S/c1-3-22-28(26,27)20-10-8-18(9-11-20)21(25)24-14-12-23(13-15-24)16-19-7-5-4-6-17(19)2/h4-11,22H,3,12-16H2,1-2H3/p+1. The van der Waals surface area contributed by atoms with Gasteiger partial charge in [-0.15, -0.1) is 0 Å². The summed E-state index contributed by atoms with van der Waals surface area (Å²) in [6.45, 7) is 8.41. The van der Waals surface area contributed by atoms with E-state index >= 15 is 0 Å². The zero-order chi connectivity index (χ0) is 20.1. The van der Waals surface area contributed by atoms with Crippen LogP contribution >= 0.6 is 0 Å². The number of nitrogens with one attached hydrogen (secondary N) is 2. The molecule has 1 heterocycles. The Hall–Kier alpha value is -2.22. The summed E-state index contributed by atoms with van der Waals surface area (Å²) in [6, 6.07) is 14.6. The number of hydrogen-bond acceptors (Lipinski definition) is 3. The molecule has 0 aromatic heterocycles. The fourth-order valence-electron chi connectivity index (χ4n) is 3.51. The molecule has 28 heavy (non-hydrogen) atoms. The number of rotatable bonds is 6. The Morgan fingerprint density at radius 3 is 2.32 bits per heavy atom. The first-order valence-electron chi connectivity index (χ1n) is 9.68. The smallest absolute Gasteiger partial charge is 0.254 e. The van der Waals surface area contributed by atoms with Crippen molar-refractivity contribution < 1.29 is 18.1 Å². The number of hydrogen-bond donors (Lipinski definition) is 2. The van der Waals surface area contributed by atoms with Crippen molar-refractivity contribution in [3.05, 3.63) is 65.2 Å². The molecule has 1 amide bonds. The van der Waals surface area contributed by atoms with E-state index in [0.29, 0.717) is 25.2 Å². The van der Waals surface area contributed by atoms with Gasteiger partial charge in [0.2, 0.25) is 10.0 Å². The molecule has 0 atom stereocenters. The number of piperazine rings is 1. The second-order valence-electron chi connectivity index (χ2n) is 7.17. The molecule has 1 aliphatic rings. The molecule has 7 heteroatoms. The van der Waals surface area contributed by atoms with Gasteiger partial charge >= 0.3 is 0 Å². The van der Waals surface area contributed by atoms with Gasteiger partial charge in [-0.2, -0.15) is 0 Å². The Bertz CT molecular complexity index is 918. The minimum Gasteiger partial charge on any atom is -0.328 e. The third-order valence-electron chi connectivity index (χ3n) is 5.21. The van der Waals surface area contributed by atoms with Gasteiger partial charge in [-0.3, -0.25) is 4.79 Å². The van der Waals surface area contributed by atoms with Crippen LogP contribution in [-0.4, -0.2) is 51.9 Å². The van der Waals surface area contributed by atoms with E-state index in [4.69, 9.17) is 0 Å². The predicted octanol–water partition coefficient (Wildman–Crippen LogP) is 0.834. The summed E-state index contributed by atoms with van der Waals surface area (Å²) in [6.07, 6.45) is 0. The summed E-state index contributed by atoms with van der Waals surface area (Å²) in [5.41, 5.74) is 3.19. The molecular formula is C21H28N3O3S+. The summed E-state index contributed by atoms with van der Waals surface area (Å²) in [5, 5.41) is 0. The Labute approximate surface area is 167 Å². The SMILES string of the molecule is CCNS(=O)(=O)c1ccc(C(=O)N2CC[NH+](Cc3ccccc3C)CC2)cc1. The topological polar surface area (TPSA) is 70.9 Å². The molecule has 0 radical (unpaired) electrons. The van der Waals surface area contributed by atoms with Crippen molar-refractivity contribution in [2.24, 2.45) is 0 Å². The summed E-state index contributed by atoms with van der Waals surface area (Å²) < 4.78 is 26.5. The number of benzene rings is 2. The summed E-state index contributed by atoms with van der Waals surface area (Å²) in [4.78, 5) is 16.3. The van der Waals surface area contributed by atoms with E-state index in [1.807, 2.05) is 4.90 Å². The lowest BCUT2D eigenvalue weighted by Crippen LogP contribution is -3.13. The van der Waals surface area contributed by atoms with Crippen molar-refractivity contribution >= 4 is 15.9 Å². The van der Waals surface area contributed by atoms with Crippen molar-refractivity contribution in [3.63, 3.8) is 0 Å². The van der Waals surface area contributed by atoms with Crippen LogP contribution in [0.25, 0.3) is 0 Å². The van der Waals surface area contributed by atoms with Gasteiger partial charge in [0.25, 0.3) is 5.91 Å². The van der Waals surface area contributed by atoms with Gasteiger partial charge in [0, 0.05) is 17.7 Å². The van der Waals surface area contributed by atoms with Crippen LogP contribution in [0.15, 0.2) is 53.4 Å². The first kappa shape index (κ1) is 20.5. The van der Waals surface area contributed by atoms with Crippen molar-refractivity contribution in [1.29, 1.82) is 0 Å². The first-order chi connectivity index (χ1) is 13.4. The number of quaternary nitrogens is 1. The second-order valence-corrected chi connectivity index (χ2v) is 8.94. The minimum atomic E-state index is -3.50. The molecular weight excluding hydrogens is 374 g/mol. The molecule has 1 saturated heterocycles. The van der Waals surface area contributed by atoms with Gasteiger partial charge in [0.05, 0.1) is 31.1 Å². The molecule has 2 N–H and O–H groups in total. The van der Waals surface area contributed by atoms with Crippen molar-refractivity contribution in [1.82, 2.24) is 9.62 Å². The fraction of sp³-hybridized carbons (Fsp3) is 0.381. The monoisotopic (exact) mass is 402 g/mol. The van der Waals surface area contributed by atoms with E-state index in [2.05, 4.69) is 35.9 Å². The maximum absolute atomic E-state index is 12.8. The first-order valence-corrected chi connectivity index (χ1v) is 11.2. The molecule has 0 aliphatic carbocycles. The zero-order valence-electron chi connectivity index (χ0n) is 16.4. The number of amides is 1. The van der Waals surface area contributed by atoms with Crippen LogP contribution in [0.2, 0.25) is 0 Å². The molecule has 6 nitrogen and oxygen atoms in total. The van der Waals surface area contributed by atoms with Gasteiger partial charge < -0.3 is 9.80 Å². The van der Waals surface area contributed by atoms with Crippen molar-refractivity contribution in [2.75, 3.05) is 32.7 Å². The lowest BCUT2D eigenvalue weighted by atomic mass is 10.1. The summed E-state index contributed by atoms with van der Waals surface area (Å²) >= 11 is 0. The quantitative estimate of drug-likeness (QED) is 0.752. The average molecular weight is 403 g/mol. The maximum Gasteiger partial charge on any atom is 0.254 e. The molecule has 2 aromatic rings. The minimum absolute atomic E-state index is 0.0395. The summed E-state index contributed by atoms with van der Waals surface area (Å²) in [7, 11) is -3.50. The highest BCUT2D eigenvalue weighted by Crippen LogP contribution is 2.12. The van der Waals surface area contributed by atoms with E-state index in [-0.39, 0.29) is 10.8 Å². The molecule has 1 fully saturated rings. The number of aryl methyl sites for hydroxylation is 1. The molecule has 3 rings (SSSR count). The number of sulfonamides is 1. The third-order valence-corrected chi connectivity index (χ3v) is 6.77. The molecule has 2 aromatic carbocycles. The van der Waals surface area contributed by atoms with Crippen molar-refractivity contribution in [2.45, 2.75) is 25.3 Å². The second kappa shape index (κ2) is 8.86. The highest BCUT2D eigenvalue weighted by molar-refractivity contribution is 7.89. The number of carbonyl (C=O) groups is 1. The van der Waals surface area contributed by atoms with Gasteiger partial charge in [-0.1, -0.05) is 31.2 Å². The van der Waals surface area contributed by atoms with Gasteiger partial charge in [0.1, 0.15) is 6.54 Å². The highest BCUT2D eigenvalue weighted by atomic mass is 32.2. The lowest BCUT2D eigenvalue weighted by Gasteiger charge is -2.32. The Balaban J connectivity index is 1.58. The highest BCUT2D eigenvalue weighted by Gasteiger charge is 2.25. The molecule has 0 saturated carbocycles. The van der Waals surface area contributed by atoms with E-state index in [0.717, 1.165) is 19.6 Å². The van der Waals surface area contributed by atoms with E-state index < -0.39 is 10.0 Å². The third kappa shape index (κ3) is 4.79. The molecule has 0 spiro atoms. The average Bonchev–Trinajstić information content (AvgIpc) is 2.70. The Morgan fingerprint density at radius 2 is 1.71 bits per heavy atom. The van der Waals surface area contributed by atoms with Crippen LogP contribution in [-0.2, 0) is 16.6 Å². The van der Waals surface area contributed by atoms with Crippen LogP contribution in [0.3, 0.4) is 0 Å². The van der Waals surface area contributed by atoms with Crippen LogP contribution in [0.5, 0.6) is 0 Å². The normalized spacial score (nSPS) is 15.6. The van der Waals surface area contributed by atoms with E-state index in [9.17, 15) is 13.2 Å². The fourth-order valence-corrected chi connectivity index (χ4v) is 4.55. The molecule has 150 valence electrons. The largest absolute Gasteiger partial charge is 0.328 e. The van der Waals surface area contributed by atoms with Gasteiger partial charge in [-0.25, -0.2) is 13.1 Å². The van der Waals surface area contributed by atoms with E-state index in [1.165, 1.54) is 28.2 Å². The summed E-state index contributed by atoms with van der Waals surface area (Å²) in [5.74, 6) is -0.0395. The Morgan fingerprint density at radius 1 is 1.07 bits per heavy atom. The zero-order valence-corrected chi connectivity index (χ0v) is 17.3.